The molecular weight excluding hydrogens is 274 g/mol. The average molecular weight is 305 g/mol. The number of aliphatic hydroxyl groups excluding tert-OH is 1. The van der Waals surface area contributed by atoms with E-state index in [0.29, 0.717) is 12.0 Å². The highest BCUT2D eigenvalue weighted by atomic mass is 16.5. The van der Waals surface area contributed by atoms with Gasteiger partial charge in [0.05, 0.1) is 12.7 Å². The van der Waals surface area contributed by atoms with E-state index in [1.165, 1.54) is 12.0 Å². The summed E-state index contributed by atoms with van der Waals surface area (Å²) < 4.78 is 6.06. The maximum Gasteiger partial charge on any atom is 0.0681 e. The Morgan fingerprint density at radius 3 is 2.82 bits per heavy atom. The van der Waals surface area contributed by atoms with E-state index in [2.05, 4.69) is 45.1 Å². The Bertz CT molecular complexity index is 467. The molecule has 0 aliphatic carbocycles. The van der Waals surface area contributed by atoms with Gasteiger partial charge in [0.15, 0.2) is 0 Å². The van der Waals surface area contributed by atoms with Gasteiger partial charge in [0.2, 0.25) is 0 Å². The maximum absolute atomic E-state index is 9.26. The van der Waals surface area contributed by atoms with Gasteiger partial charge in [-0.05, 0) is 42.2 Å². The fourth-order valence-electron chi connectivity index (χ4n) is 3.42. The quantitative estimate of drug-likeness (QED) is 0.872. The minimum atomic E-state index is 0.100. The van der Waals surface area contributed by atoms with Crippen molar-refractivity contribution in [2.75, 3.05) is 13.2 Å². The Morgan fingerprint density at radius 1 is 1.36 bits per heavy atom. The summed E-state index contributed by atoms with van der Waals surface area (Å²) in [6.45, 7) is 11.0. The monoisotopic (exact) mass is 305 g/mol. The second-order valence-corrected chi connectivity index (χ2v) is 7.59. The van der Waals surface area contributed by atoms with E-state index in [9.17, 15) is 5.11 Å². The van der Waals surface area contributed by atoms with Crippen LogP contribution in [0.3, 0.4) is 0 Å². The largest absolute Gasteiger partial charge is 0.392 e. The van der Waals surface area contributed by atoms with Crippen molar-refractivity contribution >= 4 is 0 Å². The second-order valence-electron chi connectivity index (χ2n) is 7.59. The lowest BCUT2D eigenvalue weighted by atomic mass is 9.78. The van der Waals surface area contributed by atoms with E-state index in [1.807, 2.05) is 12.1 Å². The van der Waals surface area contributed by atoms with Crippen molar-refractivity contribution < 1.29 is 9.84 Å². The molecule has 3 atom stereocenters. The van der Waals surface area contributed by atoms with Gasteiger partial charge in [-0.15, -0.1) is 0 Å². The van der Waals surface area contributed by atoms with Crippen molar-refractivity contribution in [3.8, 4) is 0 Å². The molecule has 0 amide bonds. The van der Waals surface area contributed by atoms with Crippen molar-refractivity contribution in [1.82, 2.24) is 5.32 Å². The lowest BCUT2D eigenvalue weighted by Crippen LogP contribution is -2.44. The molecule has 0 saturated carbocycles. The molecule has 1 fully saturated rings. The SMILES string of the molecule is CC(NCC1CCCOC1C(C)(C)C)c1cccc(CO)c1. The highest BCUT2D eigenvalue weighted by molar-refractivity contribution is 5.25. The zero-order chi connectivity index (χ0) is 16.2. The molecule has 1 heterocycles. The molecule has 0 bridgehead atoms. The number of hydrogen-bond acceptors (Lipinski definition) is 3. The highest BCUT2D eigenvalue weighted by Gasteiger charge is 2.35. The Hall–Kier alpha value is -0.900. The third kappa shape index (κ3) is 4.55. The van der Waals surface area contributed by atoms with Crippen LogP contribution in [0.2, 0.25) is 0 Å². The summed E-state index contributed by atoms with van der Waals surface area (Å²) in [4.78, 5) is 0. The van der Waals surface area contributed by atoms with Crippen LogP contribution in [-0.4, -0.2) is 24.4 Å². The first-order chi connectivity index (χ1) is 10.4. The normalized spacial score (nSPS) is 24.2. The van der Waals surface area contributed by atoms with Gasteiger partial charge >= 0.3 is 0 Å². The van der Waals surface area contributed by atoms with Gasteiger partial charge in [0.1, 0.15) is 0 Å². The predicted octanol–water partition coefficient (Wildman–Crippen LogP) is 3.67. The van der Waals surface area contributed by atoms with Gasteiger partial charge in [-0.1, -0.05) is 45.0 Å². The summed E-state index contributed by atoms with van der Waals surface area (Å²) in [6, 6.07) is 8.46. The topological polar surface area (TPSA) is 41.5 Å². The Labute approximate surface area is 135 Å². The summed E-state index contributed by atoms with van der Waals surface area (Å²) in [6.07, 6.45) is 2.72. The van der Waals surface area contributed by atoms with Crippen molar-refractivity contribution in [3.63, 3.8) is 0 Å². The van der Waals surface area contributed by atoms with Crippen molar-refractivity contribution in [3.05, 3.63) is 35.4 Å². The molecule has 3 nitrogen and oxygen atoms in total. The predicted molar refractivity (Wildman–Crippen MR) is 90.7 cm³/mol. The van der Waals surface area contributed by atoms with Gasteiger partial charge in [0, 0.05) is 19.2 Å². The molecule has 2 N–H and O–H groups in total. The van der Waals surface area contributed by atoms with Crippen LogP contribution in [0.25, 0.3) is 0 Å². The van der Waals surface area contributed by atoms with E-state index in [1.54, 1.807) is 0 Å². The molecule has 0 spiro atoms. The Kier molecular flexibility index (Phi) is 6.01. The molecular formula is C19H31NO2. The number of aliphatic hydroxyl groups is 1. The first-order valence-corrected chi connectivity index (χ1v) is 8.46. The third-order valence-electron chi connectivity index (χ3n) is 4.62. The lowest BCUT2D eigenvalue weighted by Gasteiger charge is -2.40. The van der Waals surface area contributed by atoms with Crippen LogP contribution in [0, 0.1) is 11.3 Å². The summed E-state index contributed by atoms with van der Waals surface area (Å²) in [5.41, 5.74) is 2.39. The van der Waals surface area contributed by atoms with E-state index in [0.717, 1.165) is 25.1 Å². The van der Waals surface area contributed by atoms with Crippen LogP contribution in [0.15, 0.2) is 24.3 Å². The fraction of sp³-hybridized carbons (Fsp3) is 0.684. The lowest BCUT2D eigenvalue weighted by molar-refractivity contribution is -0.0849. The van der Waals surface area contributed by atoms with Crippen LogP contribution in [0.5, 0.6) is 0 Å². The molecule has 22 heavy (non-hydrogen) atoms. The molecule has 124 valence electrons. The summed E-state index contributed by atoms with van der Waals surface area (Å²) in [7, 11) is 0. The van der Waals surface area contributed by atoms with Crippen LogP contribution in [0.4, 0.5) is 0 Å². The molecule has 0 radical (unpaired) electrons. The zero-order valence-corrected chi connectivity index (χ0v) is 14.4. The Balaban J connectivity index is 1.95. The molecule has 0 aromatic heterocycles. The minimum absolute atomic E-state index is 0.100. The third-order valence-corrected chi connectivity index (χ3v) is 4.62. The van der Waals surface area contributed by atoms with E-state index >= 15 is 0 Å². The molecule has 3 unspecified atom stereocenters. The van der Waals surface area contributed by atoms with E-state index < -0.39 is 0 Å². The van der Waals surface area contributed by atoms with Gasteiger partial charge in [-0.25, -0.2) is 0 Å². The summed E-state index contributed by atoms with van der Waals surface area (Å²) >= 11 is 0. The van der Waals surface area contributed by atoms with Gasteiger partial charge < -0.3 is 15.2 Å². The Morgan fingerprint density at radius 2 is 2.14 bits per heavy atom. The van der Waals surface area contributed by atoms with E-state index in [4.69, 9.17) is 4.74 Å². The van der Waals surface area contributed by atoms with Crippen molar-refractivity contribution in [2.24, 2.45) is 11.3 Å². The number of benzene rings is 1. The maximum atomic E-state index is 9.26. The standard InChI is InChI=1S/C19H31NO2/c1-14(16-8-5-7-15(11-16)13-21)20-12-17-9-6-10-22-18(17)19(2,3)4/h5,7-8,11,14,17-18,20-21H,6,9-10,12-13H2,1-4H3. The van der Waals surface area contributed by atoms with Crippen LogP contribution in [0.1, 0.15) is 57.7 Å². The van der Waals surface area contributed by atoms with Crippen molar-refractivity contribution in [1.29, 1.82) is 0 Å². The number of nitrogens with one attached hydrogen (secondary N) is 1. The molecule has 1 aliphatic rings. The fourth-order valence-corrected chi connectivity index (χ4v) is 3.42. The molecule has 1 aliphatic heterocycles. The molecule has 2 rings (SSSR count). The smallest absolute Gasteiger partial charge is 0.0681 e. The first kappa shape index (κ1) is 17.5. The van der Waals surface area contributed by atoms with Crippen LogP contribution in [-0.2, 0) is 11.3 Å². The molecule has 1 aromatic carbocycles. The van der Waals surface area contributed by atoms with Gasteiger partial charge in [-0.2, -0.15) is 0 Å². The first-order valence-electron chi connectivity index (χ1n) is 8.46. The van der Waals surface area contributed by atoms with Gasteiger partial charge in [0.25, 0.3) is 0 Å². The van der Waals surface area contributed by atoms with Crippen molar-refractivity contribution in [2.45, 2.75) is 59.3 Å². The second kappa shape index (κ2) is 7.58. The minimum Gasteiger partial charge on any atom is -0.392 e. The highest BCUT2D eigenvalue weighted by Crippen LogP contribution is 2.34. The molecule has 3 heteroatoms. The van der Waals surface area contributed by atoms with Gasteiger partial charge in [-0.3, -0.25) is 0 Å². The van der Waals surface area contributed by atoms with E-state index in [-0.39, 0.29) is 18.1 Å². The molecule has 1 aromatic rings. The summed E-state index contributed by atoms with van der Waals surface area (Å²) in [5, 5.41) is 12.9. The summed E-state index contributed by atoms with van der Waals surface area (Å²) in [5.74, 6) is 0.567. The number of ether oxygens (including phenoxy) is 1. The molecule has 1 saturated heterocycles. The number of hydrogen-bond donors (Lipinski definition) is 2. The van der Waals surface area contributed by atoms with Crippen LogP contribution >= 0.6 is 0 Å². The van der Waals surface area contributed by atoms with Crippen LogP contribution < -0.4 is 5.32 Å². The zero-order valence-electron chi connectivity index (χ0n) is 14.4. The number of rotatable bonds is 5. The average Bonchev–Trinajstić information content (AvgIpc) is 2.52.